The highest BCUT2D eigenvalue weighted by atomic mass is 16.3. The maximum Gasteiger partial charge on any atom is 0.220 e. The number of aliphatic hydroxyl groups excluding tert-OH is 1. The molecule has 0 rings (SSSR count). The molecule has 0 fully saturated rings. The minimum atomic E-state index is -0.0596. The van der Waals surface area contributed by atoms with Gasteiger partial charge in [0, 0.05) is 6.42 Å². The van der Waals surface area contributed by atoms with E-state index < -0.39 is 0 Å². The Kier molecular flexibility index (Phi) is 19.8. The average Bonchev–Trinajstić information content (AvgIpc) is 2.64. The van der Waals surface area contributed by atoms with E-state index in [0.29, 0.717) is 6.42 Å². The van der Waals surface area contributed by atoms with Crippen molar-refractivity contribution >= 4 is 5.91 Å². The van der Waals surface area contributed by atoms with Crippen molar-refractivity contribution in [1.29, 1.82) is 0 Å². The zero-order valence-electron chi connectivity index (χ0n) is 17.6. The van der Waals surface area contributed by atoms with Crippen LogP contribution in [0, 0.1) is 0 Å². The summed E-state index contributed by atoms with van der Waals surface area (Å²) in [6.45, 7) is 4.38. The van der Waals surface area contributed by atoms with E-state index in [0.717, 1.165) is 25.7 Å². The summed E-state index contributed by atoms with van der Waals surface area (Å²) in [4.78, 5) is 11.8. The molecule has 0 aliphatic heterocycles. The highest BCUT2D eigenvalue weighted by Crippen LogP contribution is 2.10. The summed E-state index contributed by atoms with van der Waals surface area (Å²) in [5.41, 5.74) is 0. The van der Waals surface area contributed by atoms with Gasteiger partial charge in [-0.2, -0.15) is 0 Å². The molecule has 1 atom stereocenters. The first-order chi connectivity index (χ1) is 12.7. The summed E-state index contributed by atoms with van der Waals surface area (Å²) in [6.07, 6.45) is 23.7. The Morgan fingerprint density at radius 2 is 1.35 bits per heavy atom. The Balaban J connectivity index is 3.32. The van der Waals surface area contributed by atoms with Crippen LogP contribution in [0.2, 0.25) is 0 Å². The van der Waals surface area contributed by atoms with Crippen molar-refractivity contribution in [2.24, 2.45) is 0 Å². The monoisotopic (exact) mass is 367 g/mol. The van der Waals surface area contributed by atoms with Crippen molar-refractivity contribution in [3.8, 4) is 0 Å². The number of carbonyl (C=O) groups is 1. The van der Waals surface area contributed by atoms with Gasteiger partial charge in [-0.05, 0) is 38.5 Å². The topological polar surface area (TPSA) is 49.3 Å². The van der Waals surface area contributed by atoms with Crippen LogP contribution >= 0.6 is 0 Å². The first-order valence-corrected chi connectivity index (χ1v) is 11.3. The molecule has 1 amide bonds. The predicted octanol–water partition coefficient (Wildman–Crippen LogP) is 6.30. The van der Waals surface area contributed by atoms with Gasteiger partial charge in [-0.15, -0.1) is 0 Å². The number of nitrogens with one attached hydrogen (secondary N) is 1. The lowest BCUT2D eigenvalue weighted by Crippen LogP contribution is -2.37. The fourth-order valence-electron chi connectivity index (χ4n) is 3.21. The van der Waals surface area contributed by atoms with E-state index in [4.69, 9.17) is 0 Å². The van der Waals surface area contributed by atoms with Gasteiger partial charge in [-0.1, -0.05) is 83.8 Å². The minimum Gasteiger partial charge on any atom is -0.394 e. The molecule has 154 valence electrons. The third-order valence-corrected chi connectivity index (χ3v) is 4.89. The van der Waals surface area contributed by atoms with Gasteiger partial charge in [0.2, 0.25) is 5.91 Å². The molecular weight excluding hydrogens is 322 g/mol. The summed E-state index contributed by atoms with van der Waals surface area (Å²) in [7, 11) is 0. The van der Waals surface area contributed by atoms with Crippen LogP contribution in [0.5, 0.6) is 0 Å². The Morgan fingerprint density at radius 3 is 1.88 bits per heavy atom. The molecule has 3 heteroatoms. The summed E-state index contributed by atoms with van der Waals surface area (Å²) < 4.78 is 0. The number of carbonyl (C=O) groups excluding carboxylic acids is 1. The van der Waals surface area contributed by atoms with Gasteiger partial charge in [0.05, 0.1) is 12.6 Å². The second-order valence-corrected chi connectivity index (χ2v) is 7.57. The van der Waals surface area contributed by atoms with Crippen molar-refractivity contribution in [3.05, 3.63) is 12.2 Å². The van der Waals surface area contributed by atoms with E-state index in [1.165, 1.54) is 70.6 Å². The minimum absolute atomic E-state index is 0.0476. The van der Waals surface area contributed by atoms with Crippen molar-refractivity contribution in [3.63, 3.8) is 0 Å². The molecule has 0 radical (unpaired) electrons. The van der Waals surface area contributed by atoms with E-state index in [-0.39, 0.29) is 18.6 Å². The number of amides is 1. The van der Waals surface area contributed by atoms with E-state index >= 15 is 0 Å². The van der Waals surface area contributed by atoms with Crippen LogP contribution in [0.4, 0.5) is 0 Å². The number of unbranched alkanes of at least 4 members (excludes halogenated alkanes) is 11. The fraction of sp³-hybridized carbons (Fsp3) is 0.870. The van der Waals surface area contributed by atoms with Crippen molar-refractivity contribution in [2.75, 3.05) is 6.61 Å². The molecule has 0 bridgehead atoms. The molecule has 0 heterocycles. The Hall–Kier alpha value is -0.830. The van der Waals surface area contributed by atoms with Crippen LogP contribution in [0.15, 0.2) is 12.2 Å². The van der Waals surface area contributed by atoms with E-state index in [1.54, 1.807) is 0 Å². The van der Waals surface area contributed by atoms with Crippen LogP contribution in [-0.4, -0.2) is 23.7 Å². The van der Waals surface area contributed by atoms with Crippen LogP contribution in [0.3, 0.4) is 0 Å². The summed E-state index contributed by atoms with van der Waals surface area (Å²) in [6, 6.07) is -0.0596. The van der Waals surface area contributed by atoms with Gasteiger partial charge in [-0.3, -0.25) is 4.79 Å². The largest absolute Gasteiger partial charge is 0.394 e. The number of aliphatic hydroxyl groups is 1. The van der Waals surface area contributed by atoms with Crippen molar-refractivity contribution in [2.45, 2.75) is 123 Å². The van der Waals surface area contributed by atoms with Gasteiger partial charge >= 0.3 is 0 Å². The molecule has 1 unspecified atom stereocenters. The molecule has 26 heavy (non-hydrogen) atoms. The number of hydrogen-bond acceptors (Lipinski definition) is 2. The van der Waals surface area contributed by atoms with Crippen molar-refractivity contribution in [1.82, 2.24) is 5.32 Å². The number of hydrogen-bond donors (Lipinski definition) is 2. The third kappa shape index (κ3) is 18.0. The summed E-state index contributed by atoms with van der Waals surface area (Å²) in [5.74, 6) is 0.0927. The fourth-order valence-corrected chi connectivity index (χ4v) is 3.21. The quantitative estimate of drug-likeness (QED) is 0.208. The lowest BCUT2D eigenvalue weighted by molar-refractivity contribution is -0.122. The molecule has 3 nitrogen and oxygen atoms in total. The normalized spacial score (nSPS) is 12.6. The zero-order chi connectivity index (χ0) is 19.3. The van der Waals surface area contributed by atoms with Crippen LogP contribution in [0.25, 0.3) is 0 Å². The Labute approximate surface area is 163 Å². The van der Waals surface area contributed by atoms with Crippen LogP contribution in [0.1, 0.15) is 117 Å². The van der Waals surface area contributed by atoms with E-state index in [2.05, 4.69) is 31.3 Å². The molecule has 0 saturated carbocycles. The lowest BCUT2D eigenvalue weighted by Gasteiger charge is -2.15. The smallest absolute Gasteiger partial charge is 0.220 e. The first kappa shape index (κ1) is 25.2. The second kappa shape index (κ2) is 20.5. The van der Waals surface area contributed by atoms with E-state index in [1.807, 2.05) is 0 Å². The first-order valence-electron chi connectivity index (χ1n) is 11.3. The SMILES string of the molecule is CCCCCCCCC=CCCCCCCCC(=O)NC(CO)CCC. The third-order valence-electron chi connectivity index (χ3n) is 4.89. The predicted molar refractivity (Wildman–Crippen MR) is 113 cm³/mol. The summed E-state index contributed by atoms with van der Waals surface area (Å²) >= 11 is 0. The average molecular weight is 368 g/mol. The highest BCUT2D eigenvalue weighted by molar-refractivity contribution is 5.76. The molecule has 0 aromatic carbocycles. The van der Waals surface area contributed by atoms with Gasteiger partial charge < -0.3 is 10.4 Å². The molecule has 0 aliphatic carbocycles. The van der Waals surface area contributed by atoms with Crippen LogP contribution < -0.4 is 5.32 Å². The van der Waals surface area contributed by atoms with Gasteiger partial charge in [-0.25, -0.2) is 0 Å². The number of allylic oxidation sites excluding steroid dienone is 2. The van der Waals surface area contributed by atoms with Crippen LogP contribution in [-0.2, 0) is 4.79 Å². The van der Waals surface area contributed by atoms with Crippen molar-refractivity contribution < 1.29 is 9.90 Å². The molecule has 0 spiro atoms. The zero-order valence-corrected chi connectivity index (χ0v) is 17.6. The summed E-state index contributed by atoms with van der Waals surface area (Å²) in [5, 5.41) is 12.1. The molecule has 0 aromatic rings. The number of rotatable bonds is 19. The van der Waals surface area contributed by atoms with E-state index in [9.17, 15) is 9.90 Å². The molecular formula is C23H45NO2. The highest BCUT2D eigenvalue weighted by Gasteiger charge is 2.09. The lowest BCUT2D eigenvalue weighted by atomic mass is 10.1. The van der Waals surface area contributed by atoms with Gasteiger partial charge in [0.15, 0.2) is 0 Å². The molecule has 0 aromatic heterocycles. The maximum atomic E-state index is 11.8. The molecule has 0 saturated heterocycles. The standard InChI is InChI=1S/C23H45NO2/c1-3-5-6-7-8-9-10-11-12-13-14-15-16-17-18-20-23(26)24-22(21-25)19-4-2/h11-12,22,25H,3-10,13-21H2,1-2H3,(H,24,26). The maximum absolute atomic E-state index is 11.8. The van der Waals surface area contributed by atoms with Gasteiger partial charge in [0.25, 0.3) is 0 Å². The molecule has 0 aliphatic rings. The van der Waals surface area contributed by atoms with Gasteiger partial charge in [0.1, 0.15) is 0 Å². The Bertz CT molecular complexity index is 328. The Morgan fingerprint density at radius 1 is 0.808 bits per heavy atom. The molecule has 2 N–H and O–H groups in total. The second-order valence-electron chi connectivity index (χ2n) is 7.57.